The van der Waals surface area contributed by atoms with Crippen molar-refractivity contribution in [3.63, 3.8) is 0 Å². The normalized spacial score (nSPS) is 20.9. The number of alkyl halides is 2. The molecule has 0 spiro atoms. The van der Waals surface area contributed by atoms with E-state index < -0.39 is 5.92 Å². The molecule has 0 saturated carbocycles. The minimum atomic E-state index is -2.49. The standard InChI is InChI=1S/C11H15F2N3/c12-11(13)4-6-16(7-5-11)8-9-2-1-3-10(14)15-9/h1-3H,4-8H2,(H2,14,15). The van der Waals surface area contributed by atoms with Gasteiger partial charge in [-0.3, -0.25) is 4.90 Å². The predicted molar refractivity (Wildman–Crippen MR) is 58.1 cm³/mol. The van der Waals surface area contributed by atoms with Gasteiger partial charge < -0.3 is 5.73 Å². The number of hydrogen-bond donors (Lipinski definition) is 1. The second kappa shape index (κ2) is 4.33. The third-order valence-electron chi connectivity index (χ3n) is 2.80. The Balaban J connectivity index is 1.92. The first-order chi connectivity index (χ1) is 7.55. The molecule has 16 heavy (non-hydrogen) atoms. The predicted octanol–water partition coefficient (Wildman–Crippen LogP) is 1.89. The van der Waals surface area contributed by atoms with Crippen LogP contribution in [0.25, 0.3) is 0 Å². The van der Waals surface area contributed by atoms with E-state index in [9.17, 15) is 8.78 Å². The van der Waals surface area contributed by atoms with Crippen LogP contribution in [0.15, 0.2) is 18.2 Å². The molecule has 88 valence electrons. The zero-order valence-corrected chi connectivity index (χ0v) is 9.00. The first kappa shape index (κ1) is 11.3. The highest BCUT2D eigenvalue weighted by atomic mass is 19.3. The number of piperidine rings is 1. The van der Waals surface area contributed by atoms with Gasteiger partial charge in [0.05, 0.1) is 5.69 Å². The molecule has 5 heteroatoms. The Morgan fingerprint density at radius 3 is 2.62 bits per heavy atom. The van der Waals surface area contributed by atoms with Gasteiger partial charge in [0.25, 0.3) is 5.92 Å². The fraction of sp³-hybridized carbons (Fsp3) is 0.545. The van der Waals surface area contributed by atoms with E-state index in [1.165, 1.54) is 0 Å². The minimum Gasteiger partial charge on any atom is -0.384 e. The third kappa shape index (κ3) is 2.88. The topological polar surface area (TPSA) is 42.1 Å². The monoisotopic (exact) mass is 227 g/mol. The summed E-state index contributed by atoms with van der Waals surface area (Å²) in [5, 5.41) is 0. The zero-order valence-electron chi connectivity index (χ0n) is 9.00. The van der Waals surface area contributed by atoms with Crippen LogP contribution >= 0.6 is 0 Å². The molecule has 2 N–H and O–H groups in total. The van der Waals surface area contributed by atoms with Crippen molar-refractivity contribution in [1.82, 2.24) is 9.88 Å². The van der Waals surface area contributed by atoms with Crippen molar-refractivity contribution in [2.24, 2.45) is 0 Å². The summed E-state index contributed by atoms with van der Waals surface area (Å²) >= 11 is 0. The van der Waals surface area contributed by atoms with Gasteiger partial charge in [-0.1, -0.05) is 6.07 Å². The number of pyridine rings is 1. The molecule has 0 aromatic carbocycles. The van der Waals surface area contributed by atoms with E-state index in [1.807, 2.05) is 17.0 Å². The lowest BCUT2D eigenvalue weighted by Crippen LogP contribution is -2.39. The number of likely N-dealkylation sites (tertiary alicyclic amines) is 1. The van der Waals surface area contributed by atoms with Gasteiger partial charge in [-0.2, -0.15) is 0 Å². The van der Waals surface area contributed by atoms with Crippen molar-refractivity contribution in [3.05, 3.63) is 23.9 Å². The highest BCUT2D eigenvalue weighted by Gasteiger charge is 2.33. The maximum atomic E-state index is 12.9. The lowest BCUT2D eigenvalue weighted by atomic mass is 10.1. The number of nitrogens with two attached hydrogens (primary N) is 1. The molecule has 0 radical (unpaired) electrons. The molecule has 1 aromatic rings. The number of nitrogen functional groups attached to an aromatic ring is 1. The first-order valence-electron chi connectivity index (χ1n) is 5.37. The van der Waals surface area contributed by atoms with Gasteiger partial charge >= 0.3 is 0 Å². The van der Waals surface area contributed by atoms with Crippen LogP contribution in [0, 0.1) is 0 Å². The van der Waals surface area contributed by atoms with E-state index in [-0.39, 0.29) is 12.8 Å². The van der Waals surface area contributed by atoms with Crippen LogP contribution < -0.4 is 5.73 Å². The SMILES string of the molecule is Nc1cccc(CN2CCC(F)(F)CC2)n1. The summed E-state index contributed by atoms with van der Waals surface area (Å²) in [7, 11) is 0. The van der Waals surface area contributed by atoms with Gasteiger partial charge in [-0.25, -0.2) is 13.8 Å². The molecule has 1 aromatic heterocycles. The second-order valence-electron chi connectivity index (χ2n) is 4.19. The summed E-state index contributed by atoms with van der Waals surface area (Å²) in [6.45, 7) is 1.44. The van der Waals surface area contributed by atoms with E-state index in [1.54, 1.807) is 6.07 Å². The van der Waals surface area contributed by atoms with Crippen LogP contribution in [-0.2, 0) is 6.54 Å². The van der Waals surface area contributed by atoms with Crippen molar-refractivity contribution in [2.45, 2.75) is 25.3 Å². The number of nitrogens with zero attached hydrogens (tertiary/aromatic N) is 2. The molecule has 0 unspecified atom stereocenters. The number of anilines is 1. The molecule has 3 nitrogen and oxygen atoms in total. The molecule has 2 rings (SSSR count). The smallest absolute Gasteiger partial charge is 0.250 e. The largest absolute Gasteiger partial charge is 0.384 e. The molecule has 0 aliphatic carbocycles. The molecule has 1 fully saturated rings. The van der Waals surface area contributed by atoms with Crippen LogP contribution in [0.3, 0.4) is 0 Å². The zero-order chi connectivity index (χ0) is 11.6. The molecular weight excluding hydrogens is 212 g/mol. The second-order valence-corrected chi connectivity index (χ2v) is 4.19. The Kier molecular flexibility index (Phi) is 3.05. The average Bonchev–Trinajstić information content (AvgIpc) is 2.21. The van der Waals surface area contributed by atoms with Crippen LogP contribution in [0.2, 0.25) is 0 Å². The molecule has 1 saturated heterocycles. The summed E-state index contributed by atoms with van der Waals surface area (Å²) < 4.78 is 25.8. The van der Waals surface area contributed by atoms with E-state index in [0.717, 1.165) is 5.69 Å². The van der Waals surface area contributed by atoms with Crippen molar-refractivity contribution >= 4 is 5.82 Å². The fourth-order valence-electron chi connectivity index (χ4n) is 1.85. The van der Waals surface area contributed by atoms with Crippen molar-refractivity contribution in [3.8, 4) is 0 Å². The third-order valence-corrected chi connectivity index (χ3v) is 2.80. The Bertz CT molecular complexity index is 358. The number of halogens is 2. The van der Waals surface area contributed by atoms with Crippen LogP contribution in [-0.4, -0.2) is 28.9 Å². The molecule has 1 aliphatic heterocycles. The minimum absolute atomic E-state index is 0.0602. The van der Waals surface area contributed by atoms with Gasteiger partial charge in [-0.05, 0) is 12.1 Å². The summed E-state index contributed by atoms with van der Waals surface area (Å²) in [6, 6.07) is 5.41. The quantitative estimate of drug-likeness (QED) is 0.839. The Labute approximate surface area is 93.3 Å². The summed E-state index contributed by atoms with van der Waals surface area (Å²) in [5.41, 5.74) is 6.40. The van der Waals surface area contributed by atoms with Crippen LogP contribution in [0.5, 0.6) is 0 Å². The number of aromatic nitrogens is 1. The van der Waals surface area contributed by atoms with E-state index in [4.69, 9.17) is 5.73 Å². The molecule has 1 aliphatic rings. The summed E-state index contributed by atoms with van der Waals surface area (Å²) in [5.74, 6) is -2.01. The number of rotatable bonds is 2. The van der Waals surface area contributed by atoms with E-state index in [2.05, 4.69) is 4.98 Å². The molecule has 2 heterocycles. The highest BCUT2D eigenvalue weighted by molar-refractivity contribution is 5.28. The first-order valence-corrected chi connectivity index (χ1v) is 5.37. The van der Waals surface area contributed by atoms with Gasteiger partial charge in [0.15, 0.2) is 0 Å². The van der Waals surface area contributed by atoms with Crippen LogP contribution in [0.1, 0.15) is 18.5 Å². The molecule has 0 amide bonds. The van der Waals surface area contributed by atoms with Gasteiger partial charge in [-0.15, -0.1) is 0 Å². The molecular formula is C11H15F2N3. The van der Waals surface area contributed by atoms with E-state index in [0.29, 0.717) is 25.5 Å². The Hall–Kier alpha value is -1.23. The summed E-state index contributed by atoms with van der Waals surface area (Å²) in [4.78, 5) is 6.14. The van der Waals surface area contributed by atoms with Gasteiger partial charge in [0.1, 0.15) is 5.82 Å². The number of hydrogen-bond acceptors (Lipinski definition) is 3. The van der Waals surface area contributed by atoms with Gasteiger partial charge in [0.2, 0.25) is 0 Å². The lowest BCUT2D eigenvalue weighted by molar-refractivity contribution is -0.0568. The lowest BCUT2D eigenvalue weighted by Gasteiger charge is -2.31. The fourth-order valence-corrected chi connectivity index (χ4v) is 1.85. The highest BCUT2D eigenvalue weighted by Crippen LogP contribution is 2.28. The van der Waals surface area contributed by atoms with Crippen molar-refractivity contribution in [2.75, 3.05) is 18.8 Å². The van der Waals surface area contributed by atoms with Gasteiger partial charge in [0, 0.05) is 32.5 Å². The average molecular weight is 227 g/mol. The molecule has 0 bridgehead atoms. The Morgan fingerprint density at radius 2 is 2.00 bits per heavy atom. The molecule has 0 atom stereocenters. The maximum Gasteiger partial charge on any atom is 0.250 e. The maximum absolute atomic E-state index is 12.9. The van der Waals surface area contributed by atoms with Crippen LogP contribution in [0.4, 0.5) is 14.6 Å². The summed E-state index contributed by atoms with van der Waals surface area (Å²) in [6.07, 6.45) is -0.120. The van der Waals surface area contributed by atoms with E-state index >= 15 is 0 Å². The van der Waals surface area contributed by atoms with Crippen molar-refractivity contribution < 1.29 is 8.78 Å². The van der Waals surface area contributed by atoms with Crippen molar-refractivity contribution in [1.29, 1.82) is 0 Å². The Morgan fingerprint density at radius 1 is 1.31 bits per heavy atom.